The van der Waals surface area contributed by atoms with Crippen LogP contribution in [0.15, 0.2) is 30.9 Å². The van der Waals surface area contributed by atoms with E-state index in [1.165, 1.54) is 0 Å². The summed E-state index contributed by atoms with van der Waals surface area (Å²) >= 11 is 0. The molecule has 0 fully saturated rings. The second kappa shape index (κ2) is 4.97. The number of aliphatic hydroxyl groups is 1. The lowest BCUT2D eigenvalue weighted by Crippen LogP contribution is -1.99. The number of nitrogens with zero attached hydrogens (tertiary/aromatic N) is 3. The van der Waals surface area contributed by atoms with E-state index < -0.39 is 0 Å². The van der Waals surface area contributed by atoms with E-state index in [0.29, 0.717) is 23.1 Å². The summed E-state index contributed by atoms with van der Waals surface area (Å²) in [6.45, 7) is 4.01. The highest BCUT2D eigenvalue weighted by molar-refractivity contribution is 5.33. The minimum atomic E-state index is -0.0732. The molecule has 5 heteroatoms. The average Bonchev–Trinajstić information content (AvgIpc) is 2.78. The summed E-state index contributed by atoms with van der Waals surface area (Å²) in [5.41, 5.74) is 0.706. The fourth-order valence-corrected chi connectivity index (χ4v) is 1.41. The molecule has 0 aromatic carbocycles. The van der Waals surface area contributed by atoms with E-state index in [4.69, 9.17) is 9.84 Å². The molecule has 2 rings (SSSR count). The Labute approximate surface area is 99.7 Å². The van der Waals surface area contributed by atoms with Gasteiger partial charge in [-0.25, -0.2) is 0 Å². The molecule has 0 saturated heterocycles. The van der Waals surface area contributed by atoms with Crippen LogP contribution in [0.25, 0.3) is 0 Å². The first-order valence-electron chi connectivity index (χ1n) is 5.46. The SMILES string of the molecule is CC(C)n1cc(Oc2cnccc2CO)cn1. The largest absolute Gasteiger partial charge is 0.452 e. The van der Waals surface area contributed by atoms with Crippen LogP contribution in [0.2, 0.25) is 0 Å². The van der Waals surface area contributed by atoms with Crippen molar-refractivity contribution in [2.24, 2.45) is 0 Å². The molecule has 0 aliphatic rings. The monoisotopic (exact) mass is 233 g/mol. The summed E-state index contributed by atoms with van der Waals surface area (Å²) < 4.78 is 7.44. The molecule has 0 amide bonds. The topological polar surface area (TPSA) is 60.2 Å². The van der Waals surface area contributed by atoms with E-state index in [2.05, 4.69) is 10.1 Å². The Hall–Kier alpha value is -1.88. The van der Waals surface area contributed by atoms with Gasteiger partial charge in [0.2, 0.25) is 0 Å². The van der Waals surface area contributed by atoms with Crippen LogP contribution in [0.1, 0.15) is 25.5 Å². The van der Waals surface area contributed by atoms with Crippen LogP contribution in [-0.4, -0.2) is 19.9 Å². The Morgan fingerprint density at radius 2 is 2.24 bits per heavy atom. The Morgan fingerprint density at radius 3 is 2.88 bits per heavy atom. The van der Waals surface area contributed by atoms with Crippen molar-refractivity contribution in [1.82, 2.24) is 14.8 Å². The maximum atomic E-state index is 9.16. The molecule has 0 aliphatic heterocycles. The van der Waals surface area contributed by atoms with Gasteiger partial charge < -0.3 is 9.84 Å². The van der Waals surface area contributed by atoms with Crippen molar-refractivity contribution < 1.29 is 9.84 Å². The van der Waals surface area contributed by atoms with Crippen molar-refractivity contribution in [1.29, 1.82) is 0 Å². The smallest absolute Gasteiger partial charge is 0.165 e. The lowest BCUT2D eigenvalue weighted by Gasteiger charge is -2.06. The van der Waals surface area contributed by atoms with Crippen LogP contribution in [0.5, 0.6) is 11.5 Å². The predicted octanol–water partition coefficient (Wildman–Crippen LogP) is 2.14. The molecule has 0 radical (unpaired) electrons. The molecule has 90 valence electrons. The standard InChI is InChI=1S/C12H15N3O2/c1-9(2)15-7-11(5-14-15)17-12-6-13-4-3-10(12)8-16/h3-7,9,16H,8H2,1-2H3. The summed E-state index contributed by atoms with van der Waals surface area (Å²) in [6.07, 6.45) is 6.67. The molecular weight excluding hydrogens is 218 g/mol. The minimum absolute atomic E-state index is 0.0732. The van der Waals surface area contributed by atoms with Crippen LogP contribution in [0, 0.1) is 0 Å². The molecule has 1 N–H and O–H groups in total. The van der Waals surface area contributed by atoms with E-state index in [-0.39, 0.29) is 6.61 Å². The molecule has 2 aromatic heterocycles. The van der Waals surface area contributed by atoms with Crippen LogP contribution < -0.4 is 4.74 Å². The molecule has 2 aromatic rings. The second-order valence-corrected chi connectivity index (χ2v) is 3.99. The van der Waals surface area contributed by atoms with Gasteiger partial charge in [0.25, 0.3) is 0 Å². The molecule has 0 spiro atoms. The summed E-state index contributed by atoms with van der Waals surface area (Å²) in [5, 5.41) is 13.3. The number of hydrogen-bond acceptors (Lipinski definition) is 4. The van der Waals surface area contributed by atoms with Gasteiger partial charge in [-0.2, -0.15) is 5.10 Å². The van der Waals surface area contributed by atoms with Crippen molar-refractivity contribution in [2.45, 2.75) is 26.5 Å². The molecule has 0 aliphatic carbocycles. The third-order valence-corrected chi connectivity index (χ3v) is 2.38. The molecule has 0 unspecified atom stereocenters. The summed E-state index contributed by atoms with van der Waals surface area (Å²) in [6, 6.07) is 2.01. The first-order valence-corrected chi connectivity index (χ1v) is 5.46. The first-order chi connectivity index (χ1) is 8.20. The Morgan fingerprint density at radius 1 is 1.41 bits per heavy atom. The van der Waals surface area contributed by atoms with E-state index >= 15 is 0 Å². The normalized spacial score (nSPS) is 10.8. The molecule has 0 atom stereocenters. The summed E-state index contributed by atoms with van der Waals surface area (Å²) in [5.74, 6) is 1.19. The third-order valence-electron chi connectivity index (χ3n) is 2.38. The first kappa shape index (κ1) is 11.6. The lowest BCUT2D eigenvalue weighted by molar-refractivity contribution is 0.276. The van der Waals surface area contributed by atoms with E-state index in [1.54, 1.807) is 24.7 Å². The highest BCUT2D eigenvalue weighted by Gasteiger charge is 2.07. The van der Waals surface area contributed by atoms with E-state index in [0.717, 1.165) is 0 Å². The van der Waals surface area contributed by atoms with Gasteiger partial charge in [-0.3, -0.25) is 9.67 Å². The lowest BCUT2D eigenvalue weighted by atomic mass is 10.2. The molecule has 2 heterocycles. The molecular formula is C12H15N3O2. The van der Waals surface area contributed by atoms with E-state index in [9.17, 15) is 0 Å². The van der Waals surface area contributed by atoms with Crippen LogP contribution in [0.4, 0.5) is 0 Å². The zero-order valence-electron chi connectivity index (χ0n) is 9.87. The highest BCUT2D eigenvalue weighted by Crippen LogP contribution is 2.24. The Kier molecular flexibility index (Phi) is 3.39. The summed E-state index contributed by atoms with van der Waals surface area (Å²) in [4.78, 5) is 3.97. The maximum Gasteiger partial charge on any atom is 0.165 e. The quantitative estimate of drug-likeness (QED) is 0.878. The van der Waals surface area contributed by atoms with Crippen molar-refractivity contribution in [3.8, 4) is 11.5 Å². The fraction of sp³-hybridized carbons (Fsp3) is 0.333. The zero-order chi connectivity index (χ0) is 12.3. The zero-order valence-corrected chi connectivity index (χ0v) is 9.87. The number of ether oxygens (including phenoxy) is 1. The Balaban J connectivity index is 2.19. The van der Waals surface area contributed by atoms with Gasteiger partial charge in [-0.1, -0.05) is 0 Å². The Bertz CT molecular complexity index is 494. The minimum Gasteiger partial charge on any atom is -0.452 e. The van der Waals surface area contributed by atoms with Crippen LogP contribution >= 0.6 is 0 Å². The number of hydrogen-bond donors (Lipinski definition) is 1. The predicted molar refractivity (Wildman–Crippen MR) is 62.8 cm³/mol. The maximum absolute atomic E-state index is 9.16. The van der Waals surface area contributed by atoms with Crippen LogP contribution in [-0.2, 0) is 6.61 Å². The number of pyridine rings is 1. The van der Waals surface area contributed by atoms with Gasteiger partial charge in [0.05, 0.1) is 25.2 Å². The summed E-state index contributed by atoms with van der Waals surface area (Å²) in [7, 11) is 0. The van der Waals surface area contributed by atoms with E-state index in [1.807, 2.05) is 24.7 Å². The van der Waals surface area contributed by atoms with Crippen molar-refractivity contribution in [3.63, 3.8) is 0 Å². The molecule has 0 bridgehead atoms. The van der Waals surface area contributed by atoms with Gasteiger partial charge >= 0.3 is 0 Å². The average molecular weight is 233 g/mol. The molecule has 17 heavy (non-hydrogen) atoms. The van der Waals surface area contributed by atoms with Gasteiger partial charge in [-0.15, -0.1) is 0 Å². The third kappa shape index (κ3) is 2.62. The van der Waals surface area contributed by atoms with Crippen molar-refractivity contribution >= 4 is 0 Å². The van der Waals surface area contributed by atoms with Gasteiger partial charge in [0, 0.05) is 17.8 Å². The fourth-order valence-electron chi connectivity index (χ4n) is 1.41. The second-order valence-electron chi connectivity index (χ2n) is 3.99. The molecule has 0 saturated carbocycles. The van der Waals surface area contributed by atoms with Gasteiger partial charge in [0.15, 0.2) is 11.5 Å². The number of aromatic nitrogens is 3. The van der Waals surface area contributed by atoms with Crippen molar-refractivity contribution in [3.05, 3.63) is 36.4 Å². The number of aliphatic hydroxyl groups excluding tert-OH is 1. The van der Waals surface area contributed by atoms with Crippen molar-refractivity contribution in [2.75, 3.05) is 0 Å². The highest BCUT2D eigenvalue weighted by atomic mass is 16.5. The molecule has 5 nitrogen and oxygen atoms in total. The van der Waals surface area contributed by atoms with Gasteiger partial charge in [0.1, 0.15) is 0 Å². The number of rotatable bonds is 4. The van der Waals surface area contributed by atoms with Crippen LogP contribution in [0.3, 0.4) is 0 Å². The van der Waals surface area contributed by atoms with Gasteiger partial charge in [-0.05, 0) is 19.9 Å².